The number of fused-ring (bicyclic) bond motifs is 1. The maximum atomic E-state index is 13.1. The molecule has 0 bridgehead atoms. The fraction of sp³-hybridized carbons (Fsp3) is 0.500. The van der Waals surface area contributed by atoms with Crippen molar-refractivity contribution in [1.29, 1.82) is 0 Å². The van der Waals surface area contributed by atoms with Crippen LogP contribution >= 0.6 is 0 Å². The van der Waals surface area contributed by atoms with E-state index in [1.54, 1.807) is 0 Å². The molecule has 4 rings (SSSR count). The number of unbranched alkanes of at least 4 members (excludes halogenated alkanes) is 14. The van der Waals surface area contributed by atoms with Crippen molar-refractivity contribution in [2.45, 2.75) is 128 Å². The molecule has 0 aromatic heterocycles. The first-order valence-corrected chi connectivity index (χ1v) is 18.4. The lowest BCUT2D eigenvalue weighted by molar-refractivity contribution is -0.134. The highest BCUT2D eigenvalue weighted by molar-refractivity contribution is 5.91. The predicted molar refractivity (Wildman–Crippen MR) is 192 cm³/mol. The molecule has 2 atom stereocenters. The van der Waals surface area contributed by atoms with E-state index in [1.165, 1.54) is 88.8 Å². The number of benzene rings is 3. The highest BCUT2D eigenvalue weighted by Crippen LogP contribution is 2.46. The average Bonchev–Trinajstić information content (AvgIpc) is 3.10. The Morgan fingerprint density at radius 3 is 1.71 bits per heavy atom. The van der Waals surface area contributed by atoms with Gasteiger partial charge >= 0.3 is 11.9 Å². The van der Waals surface area contributed by atoms with Gasteiger partial charge in [-0.25, -0.2) is 4.79 Å². The molecule has 0 aliphatic carbocycles. The van der Waals surface area contributed by atoms with Crippen molar-refractivity contribution >= 4 is 11.9 Å². The lowest BCUT2D eigenvalue weighted by atomic mass is 9.93. The molecule has 52 heavy (non-hydrogen) atoms. The van der Waals surface area contributed by atoms with E-state index in [1.807, 2.05) is 0 Å². The number of esters is 2. The second-order valence-corrected chi connectivity index (χ2v) is 13.6. The van der Waals surface area contributed by atoms with E-state index in [2.05, 4.69) is 6.92 Å². The number of carbonyl (C=O) groups excluding carboxylic acids is 2. The molecule has 0 saturated carbocycles. The molecule has 7 N–H and O–H groups in total. The Balaban J connectivity index is 1.30. The molecule has 284 valence electrons. The number of hydrogen-bond acceptors (Lipinski definition) is 12. The lowest BCUT2D eigenvalue weighted by Gasteiger charge is -2.34. The molecule has 1 aliphatic heterocycles. The van der Waals surface area contributed by atoms with Gasteiger partial charge in [0.15, 0.2) is 34.9 Å². The van der Waals surface area contributed by atoms with Crippen molar-refractivity contribution in [3.8, 4) is 51.7 Å². The van der Waals surface area contributed by atoms with Gasteiger partial charge in [-0.1, -0.05) is 96.8 Å². The van der Waals surface area contributed by atoms with E-state index in [0.29, 0.717) is 6.42 Å². The number of carbonyl (C=O) groups is 2. The molecule has 0 amide bonds. The van der Waals surface area contributed by atoms with Crippen molar-refractivity contribution in [3.63, 3.8) is 0 Å². The van der Waals surface area contributed by atoms with E-state index < -0.39 is 58.6 Å². The van der Waals surface area contributed by atoms with Crippen molar-refractivity contribution < 1.29 is 59.5 Å². The molecule has 0 saturated heterocycles. The second kappa shape index (κ2) is 19.6. The minimum atomic E-state index is -1.22. The molecule has 0 fully saturated rings. The first kappa shape index (κ1) is 39.8. The van der Waals surface area contributed by atoms with Crippen LogP contribution in [0.25, 0.3) is 0 Å². The molecule has 12 nitrogen and oxygen atoms in total. The van der Waals surface area contributed by atoms with Gasteiger partial charge in [-0.15, -0.1) is 0 Å². The second-order valence-electron chi connectivity index (χ2n) is 13.6. The number of phenols is 7. The van der Waals surface area contributed by atoms with Gasteiger partial charge in [0.2, 0.25) is 5.75 Å². The highest BCUT2D eigenvalue weighted by Gasteiger charge is 2.37. The third-order valence-corrected chi connectivity index (χ3v) is 9.33. The number of aromatic hydroxyl groups is 7. The number of phenolic OH excluding ortho intramolecular Hbond substituents is 7. The molecule has 0 unspecified atom stereocenters. The molecule has 1 heterocycles. The van der Waals surface area contributed by atoms with E-state index in [9.17, 15) is 45.3 Å². The van der Waals surface area contributed by atoms with Gasteiger partial charge < -0.3 is 50.0 Å². The summed E-state index contributed by atoms with van der Waals surface area (Å²) in [5, 5.41) is 71.5. The van der Waals surface area contributed by atoms with Gasteiger partial charge in [0.1, 0.15) is 23.4 Å². The van der Waals surface area contributed by atoms with Crippen LogP contribution in [0.1, 0.15) is 137 Å². The van der Waals surface area contributed by atoms with Crippen LogP contribution in [-0.2, 0) is 16.0 Å². The van der Waals surface area contributed by atoms with Gasteiger partial charge in [0.25, 0.3) is 0 Å². The van der Waals surface area contributed by atoms with Crippen LogP contribution in [0.2, 0.25) is 0 Å². The van der Waals surface area contributed by atoms with Crippen LogP contribution in [0.15, 0.2) is 36.4 Å². The van der Waals surface area contributed by atoms with E-state index in [0.717, 1.165) is 37.5 Å². The molecule has 0 radical (unpaired) electrons. The Morgan fingerprint density at radius 1 is 0.654 bits per heavy atom. The van der Waals surface area contributed by atoms with Gasteiger partial charge in [-0.05, 0) is 30.7 Å². The number of hydrogen-bond donors (Lipinski definition) is 7. The van der Waals surface area contributed by atoms with Crippen LogP contribution in [0.3, 0.4) is 0 Å². The van der Waals surface area contributed by atoms with E-state index >= 15 is 0 Å². The Kier molecular flexibility index (Phi) is 15.0. The van der Waals surface area contributed by atoms with Crippen molar-refractivity contribution in [2.75, 3.05) is 0 Å². The van der Waals surface area contributed by atoms with Gasteiger partial charge in [-0.2, -0.15) is 0 Å². The maximum absolute atomic E-state index is 13.1. The van der Waals surface area contributed by atoms with Crippen LogP contribution in [0.5, 0.6) is 51.7 Å². The predicted octanol–water partition coefficient (Wildman–Crippen LogP) is 8.69. The first-order chi connectivity index (χ1) is 25.0. The van der Waals surface area contributed by atoms with Crippen LogP contribution in [0, 0.1) is 0 Å². The fourth-order valence-corrected chi connectivity index (χ4v) is 6.46. The summed E-state index contributed by atoms with van der Waals surface area (Å²) in [6.45, 7) is 2.24. The van der Waals surface area contributed by atoms with Crippen LogP contribution < -0.4 is 9.47 Å². The maximum Gasteiger partial charge on any atom is 0.338 e. The zero-order valence-corrected chi connectivity index (χ0v) is 29.8. The summed E-state index contributed by atoms with van der Waals surface area (Å²) >= 11 is 0. The van der Waals surface area contributed by atoms with Crippen molar-refractivity contribution in [1.82, 2.24) is 0 Å². The SMILES string of the molecule is CCCCCCCCCCCCCCCCCC(=O)Oc1c(O)cc([C@H]2Oc3cc(O)cc(O)c3C[C@H]2OC(=O)c2cc(O)c(O)c(O)c2)cc1O. The Bertz CT molecular complexity index is 1610. The third-order valence-electron chi connectivity index (χ3n) is 9.33. The fourth-order valence-electron chi connectivity index (χ4n) is 6.46. The Hall–Kier alpha value is -5.00. The van der Waals surface area contributed by atoms with Crippen molar-refractivity contribution in [3.05, 3.63) is 53.1 Å². The normalized spacial score (nSPS) is 15.1. The Labute approximate surface area is 304 Å². The first-order valence-electron chi connectivity index (χ1n) is 18.4. The largest absolute Gasteiger partial charge is 0.508 e. The summed E-state index contributed by atoms with van der Waals surface area (Å²) in [5.41, 5.74) is -0.0183. The molecular formula is C40H52O12. The van der Waals surface area contributed by atoms with E-state index in [4.69, 9.17) is 14.2 Å². The van der Waals surface area contributed by atoms with Gasteiger partial charge in [0.05, 0.1) is 5.56 Å². The smallest absolute Gasteiger partial charge is 0.338 e. The molecule has 0 spiro atoms. The average molecular weight is 725 g/mol. The van der Waals surface area contributed by atoms with Gasteiger partial charge in [0, 0.05) is 36.1 Å². The molecule has 3 aromatic rings. The zero-order valence-electron chi connectivity index (χ0n) is 29.8. The number of rotatable bonds is 20. The van der Waals surface area contributed by atoms with Crippen LogP contribution in [0.4, 0.5) is 0 Å². The zero-order chi connectivity index (χ0) is 37.6. The molecular weight excluding hydrogens is 672 g/mol. The molecule has 1 aliphatic rings. The third kappa shape index (κ3) is 11.2. The quantitative estimate of drug-likeness (QED) is 0.0253. The standard InChI is InChI=1S/C40H52O12/c1-2-3-4-5-6-7-8-9-10-11-12-13-14-15-16-17-36(47)52-39-32(45)18-25(19-33(39)46)38-35(24-28-29(42)22-27(41)23-34(28)50-38)51-40(49)26-20-30(43)37(48)31(44)21-26/h18-23,35,38,41-46,48H,2-17,24H2,1H3/t35-,38-/m1/s1. The Morgan fingerprint density at radius 2 is 1.17 bits per heavy atom. The van der Waals surface area contributed by atoms with Crippen molar-refractivity contribution in [2.24, 2.45) is 0 Å². The van der Waals surface area contributed by atoms with Gasteiger partial charge in [-0.3, -0.25) is 4.79 Å². The summed E-state index contributed by atoms with van der Waals surface area (Å²) in [6.07, 6.45) is 15.4. The topological polar surface area (TPSA) is 203 Å². The lowest BCUT2D eigenvalue weighted by Crippen LogP contribution is -2.34. The van der Waals surface area contributed by atoms with Crippen LogP contribution in [-0.4, -0.2) is 53.8 Å². The summed E-state index contributed by atoms with van der Waals surface area (Å²) in [6, 6.07) is 6.45. The monoisotopic (exact) mass is 724 g/mol. The molecule has 12 heteroatoms. The summed E-state index contributed by atoms with van der Waals surface area (Å²) in [4.78, 5) is 25.7. The van der Waals surface area contributed by atoms with E-state index in [-0.39, 0.29) is 46.8 Å². The highest BCUT2D eigenvalue weighted by atomic mass is 16.6. The summed E-state index contributed by atoms with van der Waals surface area (Å²) in [7, 11) is 0. The molecule has 3 aromatic carbocycles. The minimum Gasteiger partial charge on any atom is -0.508 e. The number of ether oxygens (including phenoxy) is 3. The summed E-state index contributed by atoms with van der Waals surface area (Å²) in [5.74, 6) is -6.19. The summed E-state index contributed by atoms with van der Waals surface area (Å²) < 4.78 is 16.9. The minimum absolute atomic E-state index is 0.0488.